The van der Waals surface area contributed by atoms with Crippen LogP contribution in [0.5, 0.6) is 0 Å². The molecule has 1 amide bonds. The van der Waals surface area contributed by atoms with Crippen molar-refractivity contribution in [1.29, 1.82) is 0 Å². The van der Waals surface area contributed by atoms with Crippen molar-refractivity contribution in [3.8, 4) is 0 Å². The molecule has 1 aromatic heterocycles. The summed E-state index contributed by atoms with van der Waals surface area (Å²) in [4.78, 5) is 20.8. The largest absolute Gasteiger partial charge is 0.375 e. The van der Waals surface area contributed by atoms with Crippen molar-refractivity contribution >= 4 is 22.4 Å². The molecule has 1 fully saturated rings. The smallest absolute Gasteiger partial charge is 0.219 e. The summed E-state index contributed by atoms with van der Waals surface area (Å²) in [6, 6.07) is 0. The molecule has 0 spiro atoms. The van der Waals surface area contributed by atoms with E-state index in [4.69, 9.17) is 5.73 Å². The first-order valence-corrected chi connectivity index (χ1v) is 6.65. The van der Waals surface area contributed by atoms with Crippen LogP contribution >= 0.6 is 11.3 Å². The lowest BCUT2D eigenvalue weighted by atomic mass is 10.3. The number of thiazole rings is 1. The molecule has 0 unspecified atom stereocenters. The first kappa shape index (κ1) is 12.3. The van der Waals surface area contributed by atoms with Gasteiger partial charge in [-0.1, -0.05) is 0 Å². The number of anilines is 1. The molecule has 1 aliphatic heterocycles. The Hall–Kier alpha value is -1.14. The zero-order chi connectivity index (χ0) is 12.3. The molecule has 2 heterocycles. The fourth-order valence-corrected chi connectivity index (χ4v) is 2.79. The maximum atomic E-state index is 11.3. The van der Waals surface area contributed by atoms with Gasteiger partial charge in [-0.3, -0.25) is 9.69 Å². The Labute approximate surface area is 105 Å². The molecule has 5 nitrogen and oxygen atoms in total. The fourth-order valence-electron chi connectivity index (χ4n) is 2.06. The second-order valence-corrected chi connectivity index (χ2v) is 5.45. The lowest BCUT2D eigenvalue weighted by Crippen LogP contribution is -2.33. The minimum atomic E-state index is 0.175. The number of carbonyl (C=O) groups is 1. The van der Waals surface area contributed by atoms with Crippen LogP contribution in [0.1, 0.15) is 18.2 Å². The third-order valence-corrected chi connectivity index (χ3v) is 3.80. The lowest BCUT2D eigenvalue weighted by Gasteiger charge is -2.20. The summed E-state index contributed by atoms with van der Waals surface area (Å²) in [5, 5.41) is 0.625. The molecule has 2 N–H and O–H groups in total. The average molecular weight is 254 g/mol. The number of rotatable bonds is 2. The van der Waals surface area contributed by atoms with Crippen molar-refractivity contribution in [3.63, 3.8) is 0 Å². The van der Waals surface area contributed by atoms with Gasteiger partial charge in [-0.25, -0.2) is 4.98 Å². The van der Waals surface area contributed by atoms with Gasteiger partial charge in [0.05, 0.1) is 0 Å². The summed E-state index contributed by atoms with van der Waals surface area (Å²) in [5.74, 6) is 0.175. The van der Waals surface area contributed by atoms with Crippen LogP contribution in [0.2, 0.25) is 0 Å². The van der Waals surface area contributed by atoms with E-state index in [2.05, 4.69) is 9.88 Å². The van der Waals surface area contributed by atoms with Gasteiger partial charge in [0.1, 0.15) is 0 Å². The predicted molar refractivity (Wildman–Crippen MR) is 68.7 cm³/mol. The van der Waals surface area contributed by atoms with E-state index in [0.717, 1.165) is 39.1 Å². The molecule has 0 bridgehead atoms. The van der Waals surface area contributed by atoms with E-state index in [-0.39, 0.29) is 5.91 Å². The molecule has 0 saturated carbocycles. The maximum absolute atomic E-state index is 11.3. The predicted octanol–water partition coefficient (Wildman–Crippen LogP) is 0.780. The summed E-state index contributed by atoms with van der Waals surface area (Å²) in [7, 11) is 0. The van der Waals surface area contributed by atoms with E-state index in [1.807, 2.05) is 11.1 Å². The first-order valence-electron chi connectivity index (χ1n) is 5.83. The van der Waals surface area contributed by atoms with Crippen molar-refractivity contribution in [3.05, 3.63) is 11.1 Å². The highest BCUT2D eigenvalue weighted by atomic mass is 32.1. The van der Waals surface area contributed by atoms with Crippen molar-refractivity contribution in [2.75, 3.05) is 31.9 Å². The number of nitrogens with two attached hydrogens (primary N) is 1. The van der Waals surface area contributed by atoms with E-state index in [1.165, 1.54) is 16.2 Å². The van der Waals surface area contributed by atoms with Crippen molar-refractivity contribution in [2.45, 2.75) is 19.9 Å². The van der Waals surface area contributed by atoms with Gasteiger partial charge in [-0.15, -0.1) is 11.3 Å². The Bertz CT molecular complexity index is 393. The molecule has 0 atom stereocenters. The van der Waals surface area contributed by atoms with Crippen molar-refractivity contribution < 1.29 is 4.79 Å². The summed E-state index contributed by atoms with van der Waals surface area (Å²) in [5.41, 5.74) is 5.61. The molecule has 17 heavy (non-hydrogen) atoms. The van der Waals surface area contributed by atoms with Crippen LogP contribution in [-0.2, 0) is 11.3 Å². The average Bonchev–Trinajstić information content (AvgIpc) is 2.54. The quantitative estimate of drug-likeness (QED) is 0.847. The summed E-state index contributed by atoms with van der Waals surface area (Å²) in [6.07, 6.45) is 2.88. The van der Waals surface area contributed by atoms with Gasteiger partial charge in [0.15, 0.2) is 5.13 Å². The second-order valence-electron chi connectivity index (χ2n) is 4.30. The minimum Gasteiger partial charge on any atom is -0.375 e. The summed E-state index contributed by atoms with van der Waals surface area (Å²) < 4.78 is 0. The van der Waals surface area contributed by atoms with Gasteiger partial charge in [0.2, 0.25) is 5.91 Å². The van der Waals surface area contributed by atoms with Crippen molar-refractivity contribution in [1.82, 2.24) is 14.8 Å². The van der Waals surface area contributed by atoms with Crippen LogP contribution in [0, 0.1) is 0 Å². The van der Waals surface area contributed by atoms with Gasteiger partial charge in [-0.2, -0.15) is 0 Å². The van der Waals surface area contributed by atoms with E-state index >= 15 is 0 Å². The number of hydrogen-bond acceptors (Lipinski definition) is 5. The number of aromatic nitrogens is 1. The molecule has 1 saturated heterocycles. The number of amides is 1. The molecule has 6 heteroatoms. The second kappa shape index (κ2) is 5.46. The molecule has 2 rings (SSSR count). The van der Waals surface area contributed by atoms with Crippen LogP contribution in [0.25, 0.3) is 0 Å². The normalized spacial score (nSPS) is 18.1. The zero-order valence-electron chi connectivity index (χ0n) is 10.1. The van der Waals surface area contributed by atoms with Crippen LogP contribution in [0.3, 0.4) is 0 Å². The Kier molecular flexibility index (Phi) is 3.96. The lowest BCUT2D eigenvalue weighted by molar-refractivity contribution is -0.128. The highest BCUT2D eigenvalue weighted by Crippen LogP contribution is 2.17. The molecular formula is C11H18N4OS. The first-order chi connectivity index (χ1) is 8.15. The van der Waals surface area contributed by atoms with Gasteiger partial charge in [0, 0.05) is 50.7 Å². The number of nitrogens with zero attached hydrogens (tertiary/aromatic N) is 3. The number of nitrogen functional groups attached to an aromatic ring is 1. The summed E-state index contributed by atoms with van der Waals surface area (Å²) >= 11 is 1.54. The molecule has 94 valence electrons. The zero-order valence-corrected chi connectivity index (χ0v) is 10.9. The SMILES string of the molecule is CC(=O)N1CCCN(Cc2cnc(N)s2)CC1. The Morgan fingerprint density at radius 2 is 2.29 bits per heavy atom. The third kappa shape index (κ3) is 3.41. The third-order valence-electron chi connectivity index (χ3n) is 2.98. The minimum absolute atomic E-state index is 0.175. The Morgan fingerprint density at radius 1 is 1.47 bits per heavy atom. The number of hydrogen-bond donors (Lipinski definition) is 1. The van der Waals surface area contributed by atoms with E-state index in [1.54, 1.807) is 6.92 Å². The van der Waals surface area contributed by atoms with Crippen LogP contribution in [0.15, 0.2) is 6.20 Å². The van der Waals surface area contributed by atoms with Gasteiger partial charge in [-0.05, 0) is 6.42 Å². The van der Waals surface area contributed by atoms with E-state index < -0.39 is 0 Å². The summed E-state index contributed by atoms with van der Waals surface area (Å²) in [6.45, 7) is 6.18. The molecule has 1 aliphatic rings. The highest BCUT2D eigenvalue weighted by molar-refractivity contribution is 7.15. The molecule has 0 aromatic carbocycles. The standard InChI is InChI=1S/C11H18N4OS/c1-9(16)15-4-2-3-14(5-6-15)8-10-7-13-11(12)17-10/h7H,2-6,8H2,1H3,(H2,12,13). The number of carbonyl (C=O) groups excluding carboxylic acids is 1. The van der Waals surface area contributed by atoms with Gasteiger partial charge >= 0.3 is 0 Å². The molecule has 0 aliphatic carbocycles. The molecular weight excluding hydrogens is 236 g/mol. The van der Waals surface area contributed by atoms with Crippen LogP contribution < -0.4 is 5.73 Å². The highest BCUT2D eigenvalue weighted by Gasteiger charge is 2.16. The van der Waals surface area contributed by atoms with E-state index in [0.29, 0.717) is 5.13 Å². The fraction of sp³-hybridized carbons (Fsp3) is 0.636. The van der Waals surface area contributed by atoms with E-state index in [9.17, 15) is 4.79 Å². The maximum Gasteiger partial charge on any atom is 0.219 e. The van der Waals surface area contributed by atoms with Crippen molar-refractivity contribution in [2.24, 2.45) is 0 Å². The van der Waals surface area contributed by atoms with Gasteiger partial charge in [0.25, 0.3) is 0 Å². The monoisotopic (exact) mass is 254 g/mol. The Morgan fingerprint density at radius 3 is 2.94 bits per heavy atom. The van der Waals surface area contributed by atoms with Crippen LogP contribution in [-0.4, -0.2) is 46.9 Å². The molecule has 0 radical (unpaired) electrons. The topological polar surface area (TPSA) is 62.5 Å². The molecule has 1 aromatic rings. The Balaban J connectivity index is 1.88. The van der Waals surface area contributed by atoms with Gasteiger partial charge < -0.3 is 10.6 Å². The van der Waals surface area contributed by atoms with Crippen LogP contribution in [0.4, 0.5) is 5.13 Å².